The van der Waals surface area contributed by atoms with E-state index in [0.717, 1.165) is 31.0 Å². The molecule has 4 heteroatoms. The van der Waals surface area contributed by atoms with Crippen molar-refractivity contribution in [1.29, 1.82) is 0 Å². The van der Waals surface area contributed by atoms with E-state index in [9.17, 15) is 10.1 Å². The summed E-state index contributed by atoms with van der Waals surface area (Å²) >= 11 is 3.43. The molecule has 0 saturated carbocycles. The fourth-order valence-electron chi connectivity index (χ4n) is 2.57. The molecule has 0 aromatic carbocycles. The molecule has 0 rings (SSSR count). The second kappa shape index (κ2) is 17.0. The van der Waals surface area contributed by atoms with Crippen LogP contribution in [0.15, 0.2) is 11.8 Å². The van der Waals surface area contributed by atoms with E-state index < -0.39 is 0 Å². The Labute approximate surface area is 145 Å². The van der Waals surface area contributed by atoms with Gasteiger partial charge in [-0.3, -0.25) is 10.1 Å². The van der Waals surface area contributed by atoms with E-state index in [1.165, 1.54) is 57.8 Å². The van der Waals surface area contributed by atoms with Crippen LogP contribution in [0.3, 0.4) is 0 Å². The quantitative estimate of drug-likeness (QED) is 0.126. The Morgan fingerprint density at radius 3 is 2.05 bits per heavy atom. The van der Waals surface area contributed by atoms with Gasteiger partial charge in [-0.2, -0.15) is 0 Å². The van der Waals surface area contributed by atoms with Crippen LogP contribution in [0.2, 0.25) is 0 Å². The van der Waals surface area contributed by atoms with Crippen LogP contribution in [-0.4, -0.2) is 10.3 Å². The van der Waals surface area contributed by atoms with Crippen molar-refractivity contribution in [2.75, 3.05) is 5.33 Å². The summed E-state index contributed by atoms with van der Waals surface area (Å²) < 4.78 is 0. The Hall–Kier alpha value is -0.380. The summed E-state index contributed by atoms with van der Waals surface area (Å²) in [6.45, 7) is 2.22. The Morgan fingerprint density at radius 1 is 0.909 bits per heavy atom. The maximum Gasteiger partial charge on any atom is 0.242 e. The molecular formula is C18H34BrNO2. The summed E-state index contributed by atoms with van der Waals surface area (Å²) in [5.74, 6) is 0. The Balaban J connectivity index is 3.67. The zero-order valence-corrected chi connectivity index (χ0v) is 15.9. The predicted molar refractivity (Wildman–Crippen MR) is 99.2 cm³/mol. The number of nitrogens with zero attached hydrogens (tertiary/aromatic N) is 1. The molecule has 0 amide bonds. The SMILES string of the molecule is CCCCCCCC/C=C(\CCCCCCCCBr)[N+](=O)[O-]. The molecule has 0 aliphatic rings. The van der Waals surface area contributed by atoms with E-state index in [2.05, 4.69) is 22.9 Å². The molecule has 0 heterocycles. The molecule has 130 valence electrons. The summed E-state index contributed by atoms with van der Waals surface area (Å²) in [4.78, 5) is 10.9. The summed E-state index contributed by atoms with van der Waals surface area (Å²) in [5, 5.41) is 12.1. The number of hydrogen-bond donors (Lipinski definition) is 0. The van der Waals surface area contributed by atoms with E-state index in [1.54, 1.807) is 0 Å². The van der Waals surface area contributed by atoms with Crippen LogP contribution in [0, 0.1) is 10.1 Å². The van der Waals surface area contributed by atoms with Gasteiger partial charge in [-0.1, -0.05) is 80.6 Å². The summed E-state index contributed by atoms with van der Waals surface area (Å²) in [6.07, 6.45) is 17.8. The van der Waals surface area contributed by atoms with Crippen LogP contribution in [0.1, 0.15) is 96.8 Å². The number of alkyl halides is 1. The van der Waals surface area contributed by atoms with Crippen LogP contribution >= 0.6 is 15.9 Å². The second-order valence-corrected chi connectivity index (χ2v) is 6.86. The molecule has 0 spiro atoms. The van der Waals surface area contributed by atoms with Gasteiger partial charge in [0.1, 0.15) is 0 Å². The van der Waals surface area contributed by atoms with Gasteiger partial charge >= 0.3 is 0 Å². The van der Waals surface area contributed by atoms with Gasteiger partial charge in [0, 0.05) is 11.8 Å². The number of unbranched alkanes of at least 4 members (excludes halogenated alkanes) is 11. The highest BCUT2D eigenvalue weighted by molar-refractivity contribution is 9.09. The highest BCUT2D eigenvalue weighted by Crippen LogP contribution is 2.15. The van der Waals surface area contributed by atoms with Crippen molar-refractivity contribution < 1.29 is 4.92 Å². The Morgan fingerprint density at radius 2 is 1.45 bits per heavy atom. The molecule has 3 nitrogen and oxygen atoms in total. The van der Waals surface area contributed by atoms with Crippen molar-refractivity contribution >= 4 is 15.9 Å². The molecule has 0 aliphatic heterocycles. The van der Waals surface area contributed by atoms with Crippen LogP contribution in [0.4, 0.5) is 0 Å². The minimum absolute atomic E-state index is 0.179. The van der Waals surface area contributed by atoms with Gasteiger partial charge < -0.3 is 0 Å². The first-order valence-corrected chi connectivity index (χ1v) is 10.2. The van der Waals surface area contributed by atoms with Crippen LogP contribution < -0.4 is 0 Å². The van der Waals surface area contributed by atoms with Gasteiger partial charge in [-0.25, -0.2) is 0 Å². The molecule has 0 aromatic heterocycles. The highest BCUT2D eigenvalue weighted by Gasteiger charge is 2.09. The van der Waals surface area contributed by atoms with Crippen molar-refractivity contribution in [2.24, 2.45) is 0 Å². The third kappa shape index (κ3) is 14.6. The van der Waals surface area contributed by atoms with Crippen molar-refractivity contribution in [1.82, 2.24) is 0 Å². The third-order valence-corrected chi connectivity index (χ3v) is 4.55. The van der Waals surface area contributed by atoms with Crippen LogP contribution in [0.5, 0.6) is 0 Å². The van der Waals surface area contributed by atoms with Crippen molar-refractivity contribution in [2.45, 2.75) is 96.8 Å². The maximum atomic E-state index is 11.0. The van der Waals surface area contributed by atoms with E-state index in [1.807, 2.05) is 6.08 Å². The maximum absolute atomic E-state index is 11.0. The standard InChI is InChI=1S/C18H34BrNO2/c1-2-3-4-5-6-9-12-15-18(20(21)22)16-13-10-7-8-11-14-17-19/h15H,2-14,16-17H2,1H3/b18-15+. The smallest absolute Gasteiger partial charge is 0.242 e. The molecule has 0 aliphatic carbocycles. The van der Waals surface area contributed by atoms with E-state index in [-0.39, 0.29) is 4.92 Å². The lowest BCUT2D eigenvalue weighted by molar-refractivity contribution is -0.428. The van der Waals surface area contributed by atoms with Gasteiger partial charge in [0.15, 0.2) is 0 Å². The number of nitro groups is 1. The Bertz CT molecular complexity index is 293. The molecule has 0 aromatic rings. The van der Waals surface area contributed by atoms with Crippen molar-refractivity contribution in [3.8, 4) is 0 Å². The second-order valence-electron chi connectivity index (χ2n) is 6.07. The molecular weight excluding hydrogens is 342 g/mol. The third-order valence-electron chi connectivity index (χ3n) is 3.99. The van der Waals surface area contributed by atoms with Gasteiger partial charge in [0.25, 0.3) is 0 Å². The average Bonchev–Trinajstić information content (AvgIpc) is 2.50. The number of rotatable bonds is 16. The fourth-order valence-corrected chi connectivity index (χ4v) is 2.97. The van der Waals surface area contributed by atoms with E-state index in [4.69, 9.17) is 0 Å². The van der Waals surface area contributed by atoms with Gasteiger partial charge in [0.05, 0.1) is 4.92 Å². The largest absolute Gasteiger partial charge is 0.259 e. The minimum atomic E-state index is -0.179. The molecule has 0 N–H and O–H groups in total. The molecule has 0 unspecified atom stereocenters. The van der Waals surface area contributed by atoms with Crippen LogP contribution in [0.25, 0.3) is 0 Å². The Kier molecular flexibility index (Phi) is 16.7. The lowest BCUT2D eigenvalue weighted by Crippen LogP contribution is -1.99. The zero-order valence-electron chi connectivity index (χ0n) is 14.3. The lowest BCUT2D eigenvalue weighted by atomic mass is 10.1. The first-order chi connectivity index (χ1) is 10.7. The predicted octanol–water partition coefficient (Wildman–Crippen LogP) is 7.02. The van der Waals surface area contributed by atoms with Crippen molar-refractivity contribution in [3.63, 3.8) is 0 Å². The van der Waals surface area contributed by atoms with E-state index >= 15 is 0 Å². The minimum Gasteiger partial charge on any atom is -0.259 e. The molecule has 0 radical (unpaired) electrons. The highest BCUT2D eigenvalue weighted by atomic mass is 79.9. The zero-order chi connectivity index (χ0) is 16.5. The lowest BCUT2D eigenvalue weighted by Gasteiger charge is -2.01. The van der Waals surface area contributed by atoms with Gasteiger partial charge in [-0.15, -0.1) is 0 Å². The van der Waals surface area contributed by atoms with Crippen LogP contribution in [-0.2, 0) is 0 Å². The van der Waals surface area contributed by atoms with Crippen molar-refractivity contribution in [3.05, 3.63) is 21.9 Å². The molecule has 0 bridgehead atoms. The number of halogens is 1. The molecule has 0 atom stereocenters. The topological polar surface area (TPSA) is 43.1 Å². The van der Waals surface area contributed by atoms with Gasteiger partial charge in [-0.05, 0) is 31.8 Å². The first-order valence-electron chi connectivity index (χ1n) is 9.11. The summed E-state index contributed by atoms with van der Waals surface area (Å²) in [7, 11) is 0. The molecule has 0 saturated heterocycles. The normalized spacial score (nSPS) is 11.8. The first kappa shape index (κ1) is 21.6. The van der Waals surface area contributed by atoms with E-state index in [0.29, 0.717) is 12.1 Å². The summed E-state index contributed by atoms with van der Waals surface area (Å²) in [6, 6.07) is 0. The average molecular weight is 376 g/mol. The van der Waals surface area contributed by atoms with Gasteiger partial charge in [0.2, 0.25) is 5.70 Å². The molecule has 22 heavy (non-hydrogen) atoms. The molecule has 0 fully saturated rings. The number of allylic oxidation sites excluding steroid dienone is 2. The monoisotopic (exact) mass is 375 g/mol. The summed E-state index contributed by atoms with van der Waals surface area (Å²) in [5.41, 5.74) is 0.439. The fraction of sp³-hybridized carbons (Fsp3) is 0.889. The number of hydrogen-bond acceptors (Lipinski definition) is 2.